The second-order valence-corrected chi connectivity index (χ2v) is 11.3. The molecule has 8 nitrogen and oxygen atoms in total. The van der Waals surface area contributed by atoms with Crippen LogP contribution in [0.4, 0.5) is 0 Å². The Bertz CT molecular complexity index is 657. The summed E-state index contributed by atoms with van der Waals surface area (Å²) in [5.41, 5.74) is -1.77. The van der Waals surface area contributed by atoms with E-state index in [2.05, 4.69) is 11.7 Å². The molecule has 2 unspecified atom stereocenters. The third-order valence-corrected chi connectivity index (χ3v) is 7.40. The van der Waals surface area contributed by atoms with Crippen molar-refractivity contribution < 1.29 is 37.1 Å². The molecule has 0 saturated carbocycles. The molecule has 0 rings (SSSR count). The van der Waals surface area contributed by atoms with Gasteiger partial charge in [0.25, 0.3) is 0 Å². The van der Waals surface area contributed by atoms with Crippen molar-refractivity contribution in [3.63, 3.8) is 0 Å². The minimum atomic E-state index is -4.58. The summed E-state index contributed by atoms with van der Waals surface area (Å²) in [6, 6.07) is 0. The molecule has 0 aromatic carbocycles. The molecule has 0 radical (unpaired) electrons. The fourth-order valence-electron chi connectivity index (χ4n) is 4.05. The number of aliphatic hydroxyl groups excluding tert-OH is 1. The third kappa shape index (κ3) is 24.6. The average molecular weight is 561 g/mol. The van der Waals surface area contributed by atoms with Gasteiger partial charge in [-0.1, -0.05) is 123 Å². The molecule has 0 spiro atoms. The number of unbranched alkanes of at least 4 members (excludes halogenated alkanes) is 17. The zero-order chi connectivity index (χ0) is 27.1. The van der Waals surface area contributed by atoms with Crippen molar-refractivity contribution in [2.24, 2.45) is 0 Å². The van der Waals surface area contributed by atoms with E-state index in [1.54, 1.807) is 0 Å². The van der Waals surface area contributed by atoms with Crippen LogP contribution in [-0.2, 0) is 29.2 Å². The zero-order valence-electron chi connectivity index (χ0n) is 22.8. The number of hydrogen-bond acceptors (Lipinski definition) is 7. The van der Waals surface area contributed by atoms with Crippen LogP contribution in [0.5, 0.6) is 0 Å². The summed E-state index contributed by atoms with van der Waals surface area (Å²) in [4.78, 5) is 23.4. The first-order valence-electron chi connectivity index (χ1n) is 14.2. The SMILES string of the molecule is CCCCCCCCCCCCCCCCCCCCOC(=O)CC(O)C(=O)OC(CC)S(=O)(=O)O.[NaH]. The predicted octanol–water partition coefficient (Wildman–Crippen LogP) is 5.84. The topological polar surface area (TPSA) is 127 Å². The number of ether oxygens (including phenoxy) is 2. The van der Waals surface area contributed by atoms with E-state index in [4.69, 9.17) is 9.29 Å². The van der Waals surface area contributed by atoms with Crippen LogP contribution in [0.15, 0.2) is 0 Å². The summed E-state index contributed by atoms with van der Waals surface area (Å²) in [5.74, 6) is -2.05. The van der Waals surface area contributed by atoms with E-state index in [9.17, 15) is 23.1 Å². The van der Waals surface area contributed by atoms with Gasteiger partial charge in [-0.05, 0) is 12.8 Å². The second-order valence-electron chi connectivity index (χ2n) is 9.74. The average Bonchev–Trinajstić information content (AvgIpc) is 2.82. The van der Waals surface area contributed by atoms with Crippen molar-refractivity contribution >= 4 is 51.6 Å². The van der Waals surface area contributed by atoms with Gasteiger partial charge in [-0.2, -0.15) is 8.42 Å². The Morgan fingerprint density at radius 3 is 1.43 bits per heavy atom. The van der Waals surface area contributed by atoms with Gasteiger partial charge in [-0.3, -0.25) is 9.35 Å². The number of carbonyl (C=O) groups excluding carboxylic acids is 2. The van der Waals surface area contributed by atoms with Crippen LogP contribution in [0.1, 0.15) is 142 Å². The van der Waals surface area contributed by atoms with Crippen LogP contribution >= 0.6 is 0 Å². The normalized spacial score (nSPS) is 13.0. The van der Waals surface area contributed by atoms with Crippen LogP contribution in [0.3, 0.4) is 0 Å². The van der Waals surface area contributed by atoms with Gasteiger partial charge < -0.3 is 14.6 Å². The number of carbonyl (C=O) groups is 2. The molecule has 0 saturated heterocycles. The predicted molar refractivity (Wildman–Crippen MR) is 149 cm³/mol. The van der Waals surface area contributed by atoms with Gasteiger partial charge in [-0.15, -0.1) is 0 Å². The van der Waals surface area contributed by atoms with Crippen LogP contribution < -0.4 is 0 Å². The van der Waals surface area contributed by atoms with Crippen molar-refractivity contribution in [2.45, 2.75) is 154 Å². The fourth-order valence-corrected chi connectivity index (χ4v) is 4.69. The van der Waals surface area contributed by atoms with Crippen molar-refractivity contribution in [1.29, 1.82) is 0 Å². The molecule has 0 amide bonds. The minimum absolute atomic E-state index is 0. The van der Waals surface area contributed by atoms with Gasteiger partial charge in [0.2, 0.25) is 5.44 Å². The van der Waals surface area contributed by atoms with Crippen molar-refractivity contribution in [3.05, 3.63) is 0 Å². The Morgan fingerprint density at radius 2 is 1.08 bits per heavy atom. The first kappa shape index (κ1) is 39.0. The van der Waals surface area contributed by atoms with Gasteiger partial charge >= 0.3 is 51.6 Å². The molecule has 0 bridgehead atoms. The van der Waals surface area contributed by atoms with Crippen LogP contribution in [-0.4, -0.2) is 77.7 Å². The van der Waals surface area contributed by atoms with E-state index in [-0.39, 0.29) is 42.6 Å². The molecule has 10 heteroatoms. The molecule has 0 fully saturated rings. The van der Waals surface area contributed by atoms with Crippen molar-refractivity contribution in [3.8, 4) is 0 Å². The van der Waals surface area contributed by atoms with E-state index < -0.39 is 40.0 Å². The van der Waals surface area contributed by atoms with Crippen LogP contribution in [0.2, 0.25) is 0 Å². The van der Waals surface area contributed by atoms with Crippen LogP contribution in [0.25, 0.3) is 0 Å². The fraction of sp³-hybridized carbons (Fsp3) is 0.926. The molecular weight excluding hydrogens is 507 g/mol. The molecule has 0 aromatic heterocycles. The van der Waals surface area contributed by atoms with E-state index in [1.165, 1.54) is 103 Å². The van der Waals surface area contributed by atoms with E-state index in [0.717, 1.165) is 12.8 Å². The molecule has 2 N–H and O–H groups in total. The Balaban J connectivity index is 0. The molecule has 0 aromatic rings. The molecule has 216 valence electrons. The Morgan fingerprint density at radius 1 is 0.703 bits per heavy atom. The van der Waals surface area contributed by atoms with Crippen molar-refractivity contribution in [1.82, 2.24) is 0 Å². The summed E-state index contributed by atoms with van der Waals surface area (Å²) in [6.07, 6.45) is 20.2. The van der Waals surface area contributed by atoms with Gasteiger partial charge in [-0.25, -0.2) is 4.79 Å². The quantitative estimate of drug-likeness (QED) is 0.0617. The Labute approximate surface area is 248 Å². The summed E-state index contributed by atoms with van der Waals surface area (Å²) in [7, 11) is -4.58. The molecular formula is C27H53NaO8S. The number of esters is 2. The molecule has 0 aliphatic carbocycles. The third-order valence-electron chi connectivity index (χ3n) is 6.31. The summed E-state index contributed by atoms with van der Waals surface area (Å²) >= 11 is 0. The van der Waals surface area contributed by atoms with E-state index in [0.29, 0.717) is 6.42 Å². The maximum absolute atomic E-state index is 11.7. The van der Waals surface area contributed by atoms with Gasteiger partial charge in [0.1, 0.15) is 0 Å². The Kier molecular flexibility index (Phi) is 27.4. The molecule has 0 aliphatic heterocycles. The first-order valence-corrected chi connectivity index (χ1v) is 15.7. The number of rotatable bonds is 25. The van der Waals surface area contributed by atoms with Crippen molar-refractivity contribution in [2.75, 3.05) is 6.61 Å². The van der Waals surface area contributed by atoms with Gasteiger partial charge in [0.05, 0.1) is 13.0 Å². The first-order chi connectivity index (χ1) is 17.2. The maximum atomic E-state index is 11.7. The molecule has 0 heterocycles. The Hall–Kier alpha value is -0.190. The monoisotopic (exact) mass is 560 g/mol. The standard InChI is InChI=1S/C27H52O8S.Na.H/c1-3-5-6-7-8-9-10-11-12-13-14-15-16-17-18-19-20-21-22-34-25(29)23-24(28)27(30)35-26(4-2)36(31,32)33;;/h24,26,28H,3-23H2,1-2H3,(H,31,32,33);;. The van der Waals surface area contributed by atoms with Crippen LogP contribution in [0, 0.1) is 0 Å². The molecule has 0 aliphatic rings. The van der Waals surface area contributed by atoms with Gasteiger partial charge in [0.15, 0.2) is 6.10 Å². The summed E-state index contributed by atoms with van der Waals surface area (Å²) in [6.45, 7) is 3.86. The van der Waals surface area contributed by atoms with E-state index >= 15 is 0 Å². The summed E-state index contributed by atoms with van der Waals surface area (Å²) < 4.78 is 40.6. The second kappa shape index (κ2) is 26.1. The van der Waals surface area contributed by atoms with Gasteiger partial charge in [0, 0.05) is 0 Å². The number of hydrogen-bond donors (Lipinski definition) is 2. The molecule has 37 heavy (non-hydrogen) atoms. The van der Waals surface area contributed by atoms with E-state index in [1.807, 2.05) is 0 Å². The summed E-state index contributed by atoms with van der Waals surface area (Å²) in [5, 5.41) is 9.71. The zero-order valence-corrected chi connectivity index (χ0v) is 23.6. The number of aliphatic hydroxyl groups is 1. The molecule has 2 atom stereocenters.